The molecule has 0 aromatic heterocycles. The minimum absolute atomic E-state index is 0.142. The summed E-state index contributed by atoms with van der Waals surface area (Å²) < 4.78 is 39.8. The normalized spacial score (nSPS) is 15.8. The lowest BCUT2D eigenvalue weighted by Gasteiger charge is -2.22. The third kappa shape index (κ3) is 7.43. The number of rotatable bonds is 2. The van der Waals surface area contributed by atoms with Crippen molar-refractivity contribution in [3.8, 4) is 5.75 Å². The number of hydrogen-bond donors (Lipinski definition) is 2. The van der Waals surface area contributed by atoms with Gasteiger partial charge in [0.25, 0.3) is 0 Å². The van der Waals surface area contributed by atoms with Crippen LogP contribution in [0.15, 0.2) is 24.3 Å². The molecule has 0 saturated heterocycles. The third-order valence-electron chi connectivity index (χ3n) is 3.19. The molecule has 7 heteroatoms. The van der Waals surface area contributed by atoms with Gasteiger partial charge in [-0.1, -0.05) is 31.4 Å². The molecule has 118 valence electrons. The van der Waals surface area contributed by atoms with Gasteiger partial charge in [-0.25, -0.2) is 4.79 Å². The van der Waals surface area contributed by atoms with Crippen molar-refractivity contribution in [2.24, 2.45) is 0 Å². The number of ether oxygens (including phenoxy) is 1. The lowest BCUT2D eigenvalue weighted by Crippen LogP contribution is -2.17. The molecule has 0 bridgehead atoms. The standard InChI is InChI=1S/C13H15F3O.CH2O3/c14-13(15,16)17-12-8-6-11(7-9-12)10-4-2-1-3-5-10;2-1(3)4/h6-10H,1-5H2;(H2,2,3,4). The number of alkyl halides is 3. The largest absolute Gasteiger partial charge is 0.573 e. The van der Waals surface area contributed by atoms with Crippen molar-refractivity contribution in [1.82, 2.24) is 0 Å². The Morgan fingerprint density at radius 1 is 1.05 bits per heavy atom. The number of benzene rings is 1. The highest BCUT2D eigenvalue weighted by Gasteiger charge is 2.31. The first-order valence-corrected chi connectivity index (χ1v) is 6.55. The van der Waals surface area contributed by atoms with Crippen molar-refractivity contribution >= 4 is 6.16 Å². The van der Waals surface area contributed by atoms with Crippen molar-refractivity contribution in [2.75, 3.05) is 0 Å². The second kappa shape index (κ2) is 7.75. The maximum atomic E-state index is 12.0. The van der Waals surface area contributed by atoms with Gasteiger partial charge < -0.3 is 14.9 Å². The molecular formula is C14H17F3O4. The van der Waals surface area contributed by atoms with E-state index in [1.165, 1.54) is 31.4 Å². The van der Waals surface area contributed by atoms with Crippen LogP contribution in [-0.2, 0) is 0 Å². The Kier molecular flexibility index (Phi) is 6.33. The zero-order valence-corrected chi connectivity index (χ0v) is 11.3. The summed E-state index contributed by atoms with van der Waals surface area (Å²) in [5.41, 5.74) is 1.12. The molecule has 0 radical (unpaired) electrons. The zero-order chi connectivity index (χ0) is 15.9. The summed E-state index contributed by atoms with van der Waals surface area (Å²) >= 11 is 0. The Morgan fingerprint density at radius 2 is 1.52 bits per heavy atom. The van der Waals surface area contributed by atoms with Crippen LogP contribution in [-0.4, -0.2) is 22.7 Å². The van der Waals surface area contributed by atoms with Crippen LogP contribution in [0.25, 0.3) is 0 Å². The molecule has 0 unspecified atom stereocenters. The molecule has 0 spiro atoms. The van der Waals surface area contributed by atoms with Gasteiger partial charge in [0.1, 0.15) is 5.75 Å². The summed E-state index contributed by atoms with van der Waals surface area (Å²) in [6.45, 7) is 0. The SMILES string of the molecule is FC(F)(F)Oc1ccc(C2CCCCC2)cc1.O=C(O)O. The van der Waals surface area contributed by atoms with Gasteiger partial charge in [-0.3, -0.25) is 0 Å². The molecular weight excluding hydrogens is 289 g/mol. The van der Waals surface area contributed by atoms with E-state index in [9.17, 15) is 13.2 Å². The van der Waals surface area contributed by atoms with Crippen LogP contribution in [0.1, 0.15) is 43.6 Å². The summed E-state index contributed by atoms with van der Waals surface area (Å²) in [5.74, 6) is 0.362. The second-order valence-corrected chi connectivity index (χ2v) is 4.73. The lowest BCUT2D eigenvalue weighted by atomic mass is 9.84. The van der Waals surface area contributed by atoms with E-state index < -0.39 is 12.5 Å². The molecule has 1 saturated carbocycles. The van der Waals surface area contributed by atoms with Gasteiger partial charge in [0, 0.05) is 0 Å². The van der Waals surface area contributed by atoms with Crippen molar-refractivity contribution < 1.29 is 32.9 Å². The van der Waals surface area contributed by atoms with E-state index in [4.69, 9.17) is 15.0 Å². The fourth-order valence-corrected chi connectivity index (χ4v) is 2.38. The molecule has 0 atom stereocenters. The van der Waals surface area contributed by atoms with Crippen LogP contribution in [0.2, 0.25) is 0 Å². The van der Waals surface area contributed by atoms with Gasteiger partial charge in [0.2, 0.25) is 0 Å². The fourth-order valence-electron chi connectivity index (χ4n) is 2.38. The highest BCUT2D eigenvalue weighted by Crippen LogP contribution is 2.33. The van der Waals surface area contributed by atoms with Gasteiger partial charge in [-0.05, 0) is 36.5 Å². The van der Waals surface area contributed by atoms with E-state index in [2.05, 4.69) is 4.74 Å². The number of hydrogen-bond acceptors (Lipinski definition) is 2. The van der Waals surface area contributed by atoms with E-state index in [0.717, 1.165) is 18.4 Å². The van der Waals surface area contributed by atoms with Crippen molar-refractivity contribution in [2.45, 2.75) is 44.4 Å². The molecule has 1 fully saturated rings. The predicted molar refractivity (Wildman–Crippen MR) is 69.6 cm³/mol. The molecule has 1 aliphatic rings. The van der Waals surface area contributed by atoms with E-state index in [0.29, 0.717) is 5.92 Å². The molecule has 0 aliphatic heterocycles. The van der Waals surface area contributed by atoms with E-state index in [-0.39, 0.29) is 5.75 Å². The quantitative estimate of drug-likeness (QED) is 0.819. The summed E-state index contributed by atoms with van der Waals surface area (Å²) in [4.78, 5) is 8.56. The summed E-state index contributed by atoms with van der Waals surface area (Å²) in [7, 11) is 0. The first-order valence-electron chi connectivity index (χ1n) is 6.55. The van der Waals surface area contributed by atoms with Crippen LogP contribution in [0.3, 0.4) is 0 Å². The number of carbonyl (C=O) groups is 1. The monoisotopic (exact) mass is 306 g/mol. The van der Waals surface area contributed by atoms with Gasteiger partial charge >= 0.3 is 12.5 Å². The van der Waals surface area contributed by atoms with Crippen molar-refractivity contribution in [3.05, 3.63) is 29.8 Å². The topological polar surface area (TPSA) is 66.8 Å². The number of halogens is 3. The average Bonchev–Trinajstić information content (AvgIpc) is 2.38. The third-order valence-corrected chi connectivity index (χ3v) is 3.19. The van der Waals surface area contributed by atoms with Crippen LogP contribution in [0.5, 0.6) is 5.75 Å². The van der Waals surface area contributed by atoms with E-state index >= 15 is 0 Å². The lowest BCUT2D eigenvalue weighted by molar-refractivity contribution is -0.274. The van der Waals surface area contributed by atoms with Gasteiger partial charge in [-0.2, -0.15) is 0 Å². The Hall–Kier alpha value is -1.92. The maximum Gasteiger partial charge on any atom is 0.573 e. The molecule has 0 heterocycles. The van der Waals surface area contributed by atoms with Crippen LogP contribution >= 0.6 is 0 Å². The van der Waals surface area contributed by atoms with Gasteiger partial charge in [0.05, 0.1) is 0 Å². The molecule has 2 N–H and O–H groups in total. The van der Waals surface area contributed by atoms with Crippen molar-refractivity contribution in [1.29, 1.82) is 0 Å². The zero-order valence-electron chi connectivity index (χ0n) is 11.3. The molecule has 2 rings (SSSR count). The van der Waals surface area contributed by atoms with Crippen LogP contribution < -0.4 is 4.74 Å². The minimum atomic E-state index is -4.60. The predicted octanol–water partition coefficient (Wildman–Crippen LogP) is 4.86. The van der Waals surface area contributed by atoms with Crippen LogP contribution in [0.4, 0.5) is 18.0 Å². The molecule has 21 heavy (non-hydrogen) atoms. The molecule has 1 aromatic carbocycles. The highest BCUT2D eigenvalue weighted by atomic mass is 19.4. The molecule has 1 aliphatic carbocycles. The minimum Gasteiger partial charge on any atom is -0.450 e. The van der Waals surface area contributed by atoms with Gasteiger partial charge in [-0.15, -0.1) is 13.2 Å². The molecule has 1 aromatic rings. The smallest absolute Gasteiger partial charge is 0.450 e. The summed E-state index contributed by atoms with van der Waals surface area (Å²) in [6.07, 6.45) is -0.464. The Bertz CT molecular complexity index is 433. The Morgan fingerprint density at radius 3 is 1.95 bits per heavy atom. The first kappa shape index (κ1) is 17.1. The van der Waals surface area contributed by atoms with E-state index in [1.54, 1.807) is 12.1 Å². The maximum absolute atomic E-state index is 12.0. The fraction of sp³-hybridized carbons (Fsp3) is 0.500. The Labute approximate surface area is 120 Å². The summed E-state index contributed by atoms with van der Waals surface area (Å²) in [5, 5.41) is 13.9. The molecule has 0 amide bonds. The van der Waals surface area contributed by atoms with Gasteiger partial charge in [0.15, 0.2) is 0 Å². The number of carboxylic acid groups (broad SMARTS) is 2. The molecule has 4 nitrogen and oxygen atoms in total. The first-order chi connectivity index (χ1) is 9.78. The Balaban J connectivity index is 0.000000491. The van der Waals surface area contributed by atoms with Crippen LogP contribution in [0, 0.1) is 0 Å². The highest BCUT2D eigenvalue weighted by molar-refractivity contribution is 5.53. The average molecular weight is 306 g/mol. The van der Waals surface area contributed by atoms with E-state index in [1.807, 2.05) is 0 Å². The van der Waals surface area contributed by atoms with Crippen molar-refractivity contribution in [3.63, 3.8) is 0 Å². The second-order valence-electron chi connectivity index (χ2n) is 4.73. The summed E-state index contributed by atoms with van der Waals surface area (Å²) in [6, 6.07) is 6.29.